The summed E-state index contributed by atoms with van der Waals surface area (Å²) in [5.74, 6) is -0.206. The summed E-state index contributed by atoms with van der Waals surface area (Å²) in [4.78, 5) is 29.4. The van der Waals surface area contributed by atoms with E-state index in [-0.39, 0.29) is 17.9 Å². The number of benzene rings is 1. The van der Waals surface area contributed by atoms with Crippen LogP contribution in [0.3, 0.4) is 0 Å². The maximum Gasteiger partial charge on any atom is 0.325 e. The van der Waals surface area contributed by atoms with Crippen LogP contribution in [-0.2, 0) is 27.2 Å². The molecule has 0 aromatic heterocycles. The number of carbonyl (C=O) groups is 2. The molecule has 1 aliphatic carbocycles. The third-order valence-electron chi connectivity index (χ3n) is 5.40. The smallest absolute Gasteiger partial charge is 0.325 e. The molecule has 2 saturated heterocycles. The minimum Gasteiger partial charge on any atom is -0.459 e. The Kier molecular flexibility index (Phi) is 4.28. The van der Waals surface area contributed by atoms with Gasteiger partial charge in [-0.05, 0) is 63.3 Å². The first-order valence-electron chi connectivity index (χ1n) is 9.46. The first kappa shape index (κ1) is 17.5. The minimum absolute atomic E-state index is 0.0590. The summed E-state index contributed by atoms with van der Waals surface area (Å²) >= 11 is 0. The molecule has 4 rings (SSSR count). The van der Waals surface area contributed by atoms with Crippen LogP contribution < -0.4 is 10.2 Å². The van der Waals surface area contributed by atoms with Gasteiger partial charge >= 0.3 is 5.97 Å². The standard InChI is InChI=1S/C20H27N3O3/c1-20(2,3)26-19(25)17-11-21-10-16-18(24)22(12-23(16)17)15-8-7-13-5-4-6-14(13)9-15/h7-9,16-17,21H,4-6,10-12H2,1-3H3. The molecule has 6 nitrogen and oxygen atoms in total. The zero-order valence-corrected chi connectivity index (χ0v) is 15.7. The van der Waals surface area contributed by atoms with Crippen molar-refractivity contribution in [2.24, 2.45) is 0 Å². The lowest BCUT2D eigenvalue weighted by Gasteiger charge is -2.35. The summed E-state index contributed by atoms with van der Waals surface area (Å²) in [6.07, 6.45) is 3.40. The van der Waals surface area contributed by atoms with Crippen LogP contribution in [0.5, 0.6) is 0 Å². The van der Waals surface area contributed by atoms with Gasteiger partial charge < -0.3 is 10.1 Å². The van der Waals surface area contributed by atoms with Gasteiger partial charge in [-0.25, -0.2) is 0 Å². The molecule has 6 heteroatoms. The van der Waals surface area contributed by atoms with Crippen LogP contribution in [0, 0.1) is 0 Å². The average molecular weight is 357 g/mol. The topological polar surface area (TPSA) is 61.9 Å². The second kappa shape index (κ2) is 6.35. The molecule has 2 fully saturated rings. The van der Waals surface area contributed by atoms with Gasteiger partial charge in [0.1, 0.15) is 17.7 Å². The molecule has 2 atom stereocenters. The predicted molar refractivity (Wildman–Crippen MR) is 98.9 cm³/mol. The molecule has 140 valence electrons. The maximum atomic E-state index is 13.0. The van der Waals surface area contributed by atoms with E-state index in [1.165, 1.54) is 17.5 Å². The van der Waals surface area contributed by atoms with E-state index in [0.29, 0.717) is 19.8 Å². The molecule has 1 aromatic rings. The third-order valence-corrected chi connectivity index (χ3v) is 5.40. The Bertz CT molecular complexity index is 740. The molecule has 1 amide bonds. The second-order valence-corrected chi connectivity index (χ2v) is 8.45. The van der Waals surface area contributed by atoms with Crippen molar-refractivity contribution in [2.75, 3.05) is 24.7 Å². The lowest BCUT2D eigenvalue weighted by atomic mass is 10.1. The van der Waals surface area contributed by atoms with E-state index in [4.69, 9.17) is 4.74 Å². The van der Waals surface area contributed by atoms with Crippen molar-refractivity contribution in [3.05, 3.63) is 29.3 Å². The molecular formula is C20H27N3O3. The number of piperazine rings is 1. The number of ether oxygens (including phenoxy) is 1. The van der Waals surface area contributed by atoms with Crippen molar-refractivity contribution in [3.63, 3.8) is 0 Å². The van der Waals surface area contributed by atoms with Crippen molar-refractivity contribution < 1.29 is 14.3 Å². The lowest BCUT2D eigenvalue weighted by molar-refractivity contribution is -0.162. The first-order valence-corrected chi connectivity index (χ1v) is 9.46. The monoisotopic (exact) mass is 357 g/mol. The summed E-state index contributed by atoms with van der Waals surface area (Å²) in [7, 11) is 0. The Morgan fingerprint density at radius 1 is 1.19 bits per heavy atom. The van der Waals surface area contributed by atoms with E-state index in [1.807, 2.05) is 36.6 Å². The molecule has 3 aliphatic rings. The van der Waals surface area contributed by atoms with E-state index in [1.54, 1.807) is 0 Å². The van der Waals surface area contributed by atoms with Gasteiger partial charge in [0.05, 0.1) is 6.67 Å². The molecule has 1 N–H and O–H groups in total. The van der Waals surface area contributed by atoms with Gasteiger partial charge in [-0.2, -0.15) is 0 Å². The quantitative estimate of drug-likeness (QED) is 0.812. The number of hydrogen-bond acceptors (Lipinski definition) is 5. The van der Waals surface area contributed by atoms with Gasteiger partial charge in [-0.1, -0.05) is 6.07 Å². The van der Waals surface area contributed by atoms with E-state index in [2.05, 4.69) is 17.4 Å². The molecule has 26 heavy (non-hydrogen) atoms. The Morgan fingerprint density at radius 3 is 2.73 bits per heavy atom. The first-order chi connectivity index (χ1) is 12.3. The molecule has 1 aromatic carbocycles. The van der Waals surface area contributed by atoms with Gasteiger partial charge in [-0.3, -0.25) is 19.4 Å². The van der Waals surface area contributed by atoms with Crippen LogP contribution in [0.25, 0.3) is 0 Å². The lowest BCUT2D eigenvalue weighted by Crippen LogP contribution is -2.60. The van der Waals surface area contributed by atoms with Crippen LogP contribution in [0.1, 0.15) is 38.3 Å². The van der Waals surface area contributed by atoms with Crippen LogP contribution >= 0.6 is 0 Å². The number of rotatable bonds is 2. The molecule has 0 bridgehead atoms. The van der Waals surface area contributed by atoms with Crippen LogP contribution in [0.2, 0.25) is 0 Å². The molecule has 2 aliphatic heterocycles. The van der Waals surface area contributed by atoms with Crippen molar-refractivity contribution in [3.8, 4) is 0 Å². The van der Waals surface area contributed by atoms with Crippen molar-refractivity contribution in [2.45, 2.75) is 57.7 Å². The molecule has 0 saturated carbocycles. The summed E-state index contributed by atoms with van der Waals surface area (Å²) in [6, 6.07) is 5.59. The number of amides is 1. The fourth-order valence-corrected chi connectivity index (χ4v) is 4.17. The number of hydrogen-bond donors (Lipinski definition) is 1. The highest BCUT2D eigenvalue weighted by Gasteiger charge is 2.47. The zero-order chi connectivity index (χ0) is 18.5. The second-order valence-electron chi connectivity index (χ2n) is 8.45. The molecule has 0 spiro atoms. The van der Waals surface area contributed by atoms with E-state index >= 15 is 0 Å². The maximum absolute atomic E-state index is 13.0. The Hall–Kier alpha value is -1.92. The van der Waals surface area contributed by atoms with Gasteiger partial charge in [0.25, 0.3) is 0 Å². The predicted octanol–water partition coefficient (Wildman–Crippen LogP) is 1.46. The van der Waals surface area contributed by atoms with Crippen molar-refractivity contribution in [1.29, 1.82) is 0 Å². The van der Waals surface area contributed by atoms with E-state index in [9.17, 15) is 9.59 Å². The number of aryl methyl sites for hydroxylation is 2. The minimum atomic E-state index is -0.534. The molecule has 0 radical (unpaired) electrons. The zero-order valence-electron chi connectivity index (χ0n) is 15.7. The molecular weight excluding hydrogens is 330 g/mol. The Balaban J connectivity index is 1.56. The summed E-state index contributed by atoms with van der Waals surface area (Å²) in [5.41, 5.74) is 3.15. The largest absolute Gasteiger partial charge is 0.459 e. The average Bonchev–Trinajstić information content (AvgIpc) is 3.17. The molecule has 2 unspecified atom stereocenters. The van der Waals surface area contributed by atoms with Crippen molar-refractivity contribution in [1.82, 2.24) is 10.2 Å². The Morgan fingerprint density at radius 2 is 1.96 bits per heavy atom. The van der Waals surface area contributed by atoms with E-state index < -0.39 is 11.6 Å². The van der Waals surface area contributed by atoms with Crippen LogP contribution in [0.15, 0.2) is 18.2 Å². The Labute approximate surface area is 154 Å². The fraction of sp³-hybridized carbons (Fsp3) is 0.600. The highest BCUT2D eigenvalue weighted by molar-refractivity contribution is 6.00. The van der Waals surface area contributed by atoms with Gasteiger partial charge in [0, 0.05) is 18.8 Å². The summed E-state index contributed by atoms with van der Waals surface area (Å²) in [6.45, 7) is 7.12. The highest BCUT2D eigenvalue weighted by atomic mass is 16.6. The number of carbonyl (C=O) groups excluding carboxylic acids is 2. The number of anilines is 1. The fourth-order valence-electron chi connectivity index (χ4n) is 4.17. The van der Waals surface area contributed by atoms with Crippen molar-refractivity contribution >= 4 is 17.6 Å². The number of esters is 1. The normalized spacial score (nSPS) is 26.0. The molecule has 2 heterocycles. The summed E-state index contributed by atoms with van der Waals surface area (Å²) in [5, 5.41) is 3.23. The van der Waals surface area contributed by atoms with Gasteiger partial charge in [-0.15, -0.1) is 0 Å². The van der Waals surface area contributed by atoms with Gasteiger partial charge in [0.2, 0.25) is 5.91 Å². The number of nitrogens with zero attached hydrogens (tertiary/aromatic N) is 2. The SMILES string of the molecule is CC(C)(C)OC(=O)C1CNCC2C(=O)N(c3ccc4c(c3)CCC4)CN12. The van der Waals surface area contributed by atoms with Gasteiger partial charge in [0.15, 0.2) is 0 Å². The third kappa shape index (κ3) is 3.12. The summed E-state index contributed by atoms with van der Waals surface area (Å²) < 4.78 is 5.57. The van der Waals surface area contributed by atoms with E-state index in [0.717, 1.165) is 18.5 Å². The van der Waals surface area contributed by atoms with Crippen LogP contribution in [0.4, 0.5) is 5.69 Å². The van der Waals surface area contributed by atoms with Crippen LogP contribution in [-0.4, -0.2) is 54.2 Å². The highest BCUT2D eigenvalue weighted by Crippen LogP contribution is 2.31. The number of nitrogens with one attached hydrogen (secondary N) is 1. The number of fused-ring (bicyclic) bond motifs is 2.